The SMILES string of the molecule is Cc1cccc(CNC(=O)c2c(N)cccc2Cl)n1. The van der Waals surface area contributed by atoms with Gasteiger partial charge in [-0.05, 0) is 31.2 Å². The first kappa shape index (κ1) is 13.4. The molecule has 0 saturated carbocycles. The number of amides is 1. The van der Waals surface area contributed by atoms with Gasteiger partial charge in [0.2, 0.25) is 0 Å². The number of carbonyl (C=O) groups excluding carboxylic acids is 1. The predicted octanol–water partition coefficient (Wildman–Crippen LogP) is 2.56. The minimum atomic E-state index is -0.300. The van der Waals surface area contributed by atoms with Crippen LogP contribution in [0.3, 0.4) is 0 Å². The summed E-state index contributed by atoms with van der Waals surface area (Å²) in [5, 5.41) is 3.10. The molecule has 0 unspecified atom stereocenters. The van der Waals surface area contributed by atoms with E-state index in [0.717, 1.165) is 11.4 Å². The van der Waals surface area contributed by atoms with E-state index in [1.165, 1.54) is 0 Å². The maximum atomic E-state index is 12.0. The maximum absolute atomic E-state index is 12.0. The van der Waals surface area contributed by atoms with Crippen molar-refractivity contribution in [3.63, 3.8) is 0 Å². The summed E-state index contributed by atoms with van der Waals surface area (Å²) < 4.78 is 0. The quantitative estimate of drug-likeness (QED) is 0.846. The van der Waals surface area contributed by atoms with Gasteiger partial charge in [-0.25, -0.2) is 0 Å². The summed E-state index contributed by atoms with van der Waals surface area (Å²) in [5.74, 6) is -0.300. The molecule has 2 rings (SSSR count). The maximum Gasteiger partial charge on any atom is 0.255 e. The van der Waals surface area contributed by atoms with Crippen molar-refractivity contribution in [2.24, 2.45) is 0 Å². The van der Waals surface area contributed by atoms with Crippen LogP contribution in [0.2, 0.25) is 5.02 Å². The van der Waals surface area contributed by atoms with Gasteiger partial charge in [-0.3, -0.25) is 9.78 Å². The fourth-order valence-corrected chi connectivity index (χ4v) is 2.01. The highest BCUT2D eigenvalue weighted by Gasteiger charge is 2.13. The largest absolute Gasteiger partial charge is 0.398 e. The minimum absolute atomic E-state index is 0.300. The van der Waals surface area contributed by atoms with Crippen LogP contribution in [0, 0.1) is 6.92 Å². The normalized spacial score (nSPS) is 10.2. The molecular weight excluding hydrogens is 262 g/mol. The Bertz CT molecular complexity index is 593. The van der Waals surface area contributed by atoms with Crippen LogP contribution in [0.5, 0.6) is 0 Å². The topological polar surface area (TPSA) is 68.0 Å². The van der Waals surface area contributed by atoms with Gasteiger partial charge in [-0.15, -0.1) is 0 Å². The summed E-state index contributed by atoms with van der Waals surface area (Å²) in [7, 11) is 0. The van der Waals surface area contributed by atoms with E-state index in [-0.39, 0.29) is 5.91 Å². The Morgan fingerprint density at radius 1 is 1.32 bits per heavy atom. The molecule has 0 bridgehead atoms. The first-order chi connectivity index (χ1) is 9.08. The Balaban J connectivity index is 2.10. The molecule has 3 N–H and O–H groups in total. The summed E-state index contributed by atoms with van der Waals surface area (Å²) >= 11 is 5.97. The van der Waals surface area contributed by atoms with Crippen LogP contribution < -0.4 is 11.1 Å². The minimum Gasteiger partial charge on any atom is -0.398 e. The number of hydrogen-bond acceptors (Lipinski definition) is 3. The van der Waals surface area contributed by atoms with Gasteiger partial charge in [0.25, 0.3) is 5.91 Å². The number of nitrogens with one attached hydrogen (secondary N) is 1. The number of aryl methyl sites for hydroxylation is 1. The standard InChI is InChI=1S/C14H14ClN3O/c1-9-4-2-5-10(18-9)8-17-14(19)13-11(15)6-3-7-12(13)16/h2-7H,8,16H2,1H3,(H,17,19). The van der Waals surface area contributed by atoms with E-state index in [2.05, 4.69) is 10.3 Å². The van der Waals surface area contributed by atoms with E-state index in [1.54, 1.807) is 18.2 Å². The molecule has 0 spiro atoms. The Morgan fingerprint density at radius 3 is 2.74 bits per heavy atom. The first-order valence-electron chi connectivity index (χ1n) is 5.82. The van der Waals surface area contributed by atoms with Crippen LogP contribution in [0.4, 0.5) is 5.69 Å². The van der Waals surface area contributed by atoms with Crippen LogP contribution >= 0.6 is 11.6 Å². The molecule has 0 aliphatic rings. The zero-order valence-corrected chi connectivity index (χ0v) is 11.2. The number of anilines is 1. The molecule has 4 nitrogen and oxygen atoms in total. The summed E-state index contributed by atoms with van der Waals surface area (Å²) in [6, 6.07) is 10.6. The number of hydrogen-bond donors (Lipinski definition) is 2. The number of nitrogen functional groups attached to an aromatic ring is 1. The number of nitrogens with two attached hydrogens (primary N) is 1. The fourth-order valence-electron chi connectivity index (χ4n) is 1.74. The van der Waals surface area contributed by atoms with Gasteiger partial charge in [0, 0.05) is 11.4 Å². The summed E-state index contributed by atoms with van der Waals surface area (Å²) in [6.07, 6.45) is 0. The van der Waals surface area contributed by atoms with Crippen molar-refractivity contribution < 1.29 is 4.79 Å². The molecule has 0 radical (unpaired) electrons. The molecule has 1 amide bonds. The summed E-state index contributed by atoms with van der Waals surface area (Å²) in [5.41, 5.74) is 8.12. The Labute approximate surface area is 116 Å². The van der Waals surface area contributed by atoms with Crippen molar-refractivity contribution in [3.05, 3.63) is 58.4 Å². The second kappa shape index (κ2) is 5.71. The van der Waals surface area contributed by atoms with Crippen molar-refractivity contribution in [2.75, 3.05) is 5.73 Å². The highest BCUT2D eigenvalue weighted by Crippen LogP contribution is 2.21. The highest BCUT2D eigenvalue weighted by atomic mass is 35.5. The number of halogens is 1. The van der Waals surface area contributed by atoms with Crippen molar-refractivity contribution in [1.82, 2.24) is 10.3 Å². The number of benzene rings is 1. The molecule has 19 heavy (non-hydrogen) atoms. The average molecular weight is 276 g/mol. The lowest BCUT2D eigenvalue weighted by Crippen LogP contribution is -2.24. The van der Waals surface area contributed by atoms with Gasteiger partial charge in [-0.1, -0.05) is 23.7 Å². The van der Waals surface area contributed by atoms with Crippen molar-refractivity contribution in [1.29, 1.82) is 0 Å². The van der Waals surface area contributed by atoms with Gasteiger partial charge in [0.05, 0.1) is 22.8 Å². The van der Waals surface area contributed by atoms with Crippen LogP contribution in [0.25, 0.3) is 0 Å². The summed E-state index contributed by atoms with van der Waals surface area (Å²) in [6.45, 7) is 2.24. The molecule has 0 saturated heterocycles. The molecule has 0 aliphatic carbocycles. The molecule has 1 aromatic heterocycles. The van der Waals surface area contributed by atoms with Gasteiger partial charge in [0.1, 0.15) is 0 Å². The smallest absolute Gasteiger partial charge is 0.255 e. The molecule has 2 aromatic rings. The number of carbonyl (C=O) groups is 1. The third-order valence-corrected chi connectivity index (χ3v) is 2.96. The highest BCUT2D eigenvalue weighted by molar-refractivity contribution is 6.34. The molecule has 0 fully saturated rings. The van der Waals surface area contributed by atoms with E-state index in [4.69, 9.17) is 17.3 Å². The third-order valence-electron chi connectivity index (χ3n) is 2.65. The molecule has 98 valence electrons. The van der Waals surface area contributed by atoms with Crippen LogP contribution in [0.1, 0.15) is 21.7 Å². The Hall–Kier alpha value is -2.07. The molecule has 1 heterocycles. The first-order valence-corrected chi connectivity index (χ1v) is 6.20. The van der Waals surface area contributed by atoms with Crippen LogP contribution in [0.15, 0.2) is 36.4 Å². The van der Waals surface area contributed by atoms with E-state index in [9.17, 15) is 4.79 Å². The lowest BCUT2D eigenvalue weighted by Gasteiger charge is -2.09. The van der Waals surface area contributed by atoms with Crippen LogP contribution in [-0.2, 0) is 6.54 Å². The number of rotatable bonds is 3. The van der Waals surface area contributed by atoms with Crippen molar-refractivity contribution in [2.45, 2.75) is 13.5 Å². The van der Waals surface area contributed by atoms with Crippen LogP contribution in [-0.4, -0.2) is 10.9 Å². The third kappa shape index (κ3) is 3.23. The van der Waals surface area contributed by atoms with Gasteiger partial charge in [0.15, 0.2) is 0 Å². The zero-order chi connectivity index (χ0) is 13.8. The number of pyridine rings is 1. The second-order valence-electron chi connectivity index (χ2n) is 4.16. The molecular formula is C14H14ClN3O. The zero-order valence-electron chi connectivity index (χ0n) is 10.5. The fraction of sp³-hybridized carbons (Fsp3) is 0.143. The van der Waals surface area contributed by atoms with E-state index >= 15 is 0 Å². The molecule has 0 aliphatic heterocycles. The number of nitrogens with zero attached hydrogens (tertiary/aromatic N) is 1. The molecule has 5 heteroatoms. The van der Waals surface area contributed by atoms with Gasteiger partial charge < -0.3 is 11.1 Å². The Kier molecular flexibility index (Phi) is 4.02. The van der Waals surface area contributed by atoms with Gasteiger partial charge in [-0.2, -0.15) is 0 Å². The van der Waals surface area contributed by atoms with Crippen molar-refractivity contribution in [3.8, 4) is 0 Å². The Morgan fingerprint density at radius 2 is 2.05 bits per heavy atom. The predicted molar refractivity (Wildman–Crippen MR) is 76.0 cm³/mol. The monoisotopic (exact) mass is 275 g/mol. The molecule has 0 atom stereocenters. The van der Waals surface area contributed by atoms with Gasteiger partial charge >= 0.3 is 0 Å². The van der Waals surface area contributed by atoms with E-state index in [1.807, 2.05) is 25.1 Å². The van der Waals surface area contributed by atoms with E-state index in [0.29, 0.717) is 22.8 Å². The lowest BCUT2D eigenvalue weighted by molar-refractivity contribution is 0.0951. The second-order valence-corrected chi connectivity index (χ2v) is 4.56. The lowest BCUT2D eigenvalue weighted by atomic mass is 10.1. The average Bonchev–Trinajstić information content (AvgIpc) is 2.36. The number of aromatic nitrogens is 1. The van der Waals surface area contributed by atoms with Crippen molar-refractivity contribution >= 4 is 23.2 Å². The summed E-state index contributed by atoms with van der Waals surface area (Å²) in [4.78, 5) is 16.3. The van der Waals surface area contributed by atoms with E-state index < -0.39 is 0 Å². The molecule has 1 aromatic carbocycles.